The fraction of sp³-hybridized carbons (Fsp3) is 0.553. The molecule has 2 N–H and O–H groups in total. The van der Waals surface area contributed by atoms with Crippen molar-refractivity contribution in [1.29, 1.82) is 0 Å². The van der Waals surface area contributed by atoms with E-state index < -0.39 is 12.2 Å². The molecule has 0 atom stereocenters. The maximum Gasteiger partial charge on any atom is 0.407 e. The van der Waals surface area contributed by atoms with Gasteiger partial charge in [0.1, 0.15) is 36.2 Å². The van der Waals surface area contributed by atoms with E-state index in [1.807, 2.05) is 0 Å². The van der Waals surface area contributed by atoms with Crippen molar-refractivity contribution in [1.82, 2.24) is 10.6 Å². The molecule has 0 unspecified atom stereocenters. The number of nitrogens with one attached hydrogen (secondary N) is 2. The second-order valence-electron chi connectivity index (χ2n) is 26.7. The number of carbonyl (C=O) groups is 2. The Morgan fingerprint density at radius 1 is 0.372 bits per heavy atom. The molecule has 4 aromatic carbocycles. The smallest absolute Gasteiger partial charge is 0.407 e. The third-order valence-corrected chi connectivity index (χ3v) is 14.9. The van der Waals surface area contributed by atoms with Gasteiger partial charge in [0.15, 0.2) is 0 Å². The van der Waals surface area contributed by atoms with E-state index >= 15 is 0 Å². The summed E-state index contributed by atoms with van der Waals surface area (Å²) in [5, 5.41) is 5.57. The van der Waals surface area contributed by atoms with Crippen LogP contribution in [0.25, 0.3) is 0 Å². The summed E-state index contributed by atoms with van der Waals surface area (Å²) < 4.78 is 38.8. The average Bonchev–Trinajstić information content (AvgIpc) is 1.12. The lowest BCUT2D eigenvalue weighted by atomic mass is 9.79. The van der Waals surface area contributed by atoms with Gasteiger partial charge in [-0.15, -0.1) is 0 Å². The molecule has 0 saturated carbocycles. The first-order valence-corrected chi connectivity index (χ1v) is 31.8. The van der Waals surface area contributed by atoms with Crippen LogP contribution in [0.15, 0.2) is 48.5 Å². The summed E-state index contributed by atoms with van der Waals surface area (Å²) in [5.41, 5.74) is 12.5. The van der Waals surface area contributed by atoms with E-state index in [1.165, 1.54) is 22.3 Å². The van der Waals surface area contributed by atoms with Crippen LogP contribution in [-0.2, 0) is 56.8 Å². The minimum Gasteiger partial charge on any atom is -0.493 e. The zero-order chi connectivity index (χ0) is 62.9. The number of amides is 2. The zero-order valence-corrected chi connectivity index (χ0v) is 55.4. The summed E-state index contributed by atoms with van der Waals surface area (Å²) in [6, 6.07) is 18.7. The fourth-order valence-corrected chi connectivity index (χ4v) is 9.85. The number of benzene rings is 4. The zero-order valence-electron chi connectivity index (χ0n) is 55.4. The highest BCUT2D eigenvalue weighted by Gasteiger charge is 2.29. The quantitative estimate of drug-likeness (QED) is 0.0520. The summed E-state index contributed by atoms with van der Waals surface area (Å²) in [6.45, 7) is 39.0. The average molecular weight is 1170 g/mol. The number of ether oxygens (including phenoxy) is 6. The monoisotopic (exact) mass is 1170 g/mol. The van der Waals surface area contributed by atoms with E-state index in [1.54, 1.807) is 0 Å². The van der Waals surface area contributed by atoms with Crippen molar-refractivity contribution in [2.24, 2.45) is 0 Å². The first-order valence-electron chi connectivity index (χ1n) is 31.8. The molecule has 8 bridgehead atoms. The second-order valence-corrected chi connectivity index (χ2v) is 26.7. The molecular weight excluding hydrogens is 1070 g/mol. The third kappa shape index (κ3) is 22.3. The lowest BCUT2D eigenvalue weighted by Crippen LogP contribution is -2.25. The predicted molar refractivity (Wildman–Crippen MR) is 352 cm³/mol. The van der Waals surface area contributed by atoms with Gasteiger partial charge in [-0.05, 0) is 162 Å². The highest BCUT2D eigenvalue weighted by atomic mass is 16.6. The van der Waals surface area contributed by atoms with E-state index in [2.05, 4.69) is 217 Å². The SMILES string of the molecule is CCCCNC(=O)OCCCC#CC#CCOc1c2cc(C(C)(C)C)cc1Cc1cc(C(C)(C)C)cc(c1OCCC)Cc1cc(C(C)(C)C)cc(c1OCC#CC#CCCCOC(=O)NCCCC)Cc1cc(C(C)(C)C)cc(c1OCCC)C2. The van der Waals surface area contributed by atoms with Crippen molar-refractivity contribution in [2.75, 3.05) is 52.7 Å². The largest absolute Gasteiger partial charge is 0.493 e. The number of unbranched alkanes of at least 4 members (excludes halogenated alkanes) is 4. The molecular formula is C76H102N2O8. The van der Waals surface area contributed by atoms with Crippen LogP contribution < -0.4 is 29.6 Å². The Morgan fingerprint density at radius 2 is 0.640 bits per heavy atom. The molecule has 1 aliphatic rings. The fourth-order valence-electron chi connectivity index (χ4n) is 9.85. The normalized spacial score (nSPS) is 12.1. The lowest BCUT2D eigenvalue weighted by Gasteiger charge is -2.29. The lowest BCUT2D eigenvalue weighted by molar-refractivity contribution is 0.144. The van der Waals surface area contributed by atoms with Crippen LogP contribution in [-0.4, -0.2) is 64.9 Å². The van der Waals surface area contributed by atoms with E-state index in [0.717, 1.165) is 106 Å². The van der Waals surface area contributed by atoms with E-state index in [4.69, 9.17) is 28.4 Å². The highest BCUT2D eigenvalue weighted by molar-refractivity contribution is 5.67. The molecule has 2 amide bonds. The maximum atomic E-state index is 12.0. The minimum absolute atomic E-state index is 0.129. The Hall–Kier alpha value is -7.14. The predicted octanol–water partition coefficient (Wildman–Crippen LogP) is 16.5. The van der Waals surface area contributed by atoms with E-state index in [0.29, 0.717) is 90.9 Å². The van der Waals surface area contributed by atoms with Crippen molar-refractivity contribution in [3.8, 4) is 70.4 Å². The van der Waals surface area contributed by atoms with Crippen LogP contribution in [0.3, 0.4) is 0 Å². The van der Waals surface area contributed by atoms with Crippen molar-refractivity contribution < 1.29 is 38.0 Å². The van der Waals surface area contributed by atoms with Crippen molar-refractivity contribution in [3.05, 3.63) is 115 Å². The van der Waals surface area contributed by atoms with Crippen LogP contribution in [0.4, 0.5) is 9.59 Å². The summed E-state index contributed by atoms with van der Waals surface area (Å²) in [4.78, 5) is 24.0. The molecule has 10 heteroatoms. The molecule has 0 heterocycles. The molecule has 0 aromatic heterocycles. The third-order valence-electron chi connectivity index (χ3n) is 14.9. The van der Waals surface area contributed by atoms with Crippen molar-refractivity contribution in [2.45, 2.75) is 222 Å². The molecule has 4 aromatic rings. The Morgan fingerprint density at radius 3 is 0.895 bits per heavy atom. The number of carbonyl (C=O) groups excluding carboxylic acids is 2. The van der Waals surface area contributed by atoms with Crippen LogP contribution in [0.2, 0.25) is 0 Å². The van der Waals surface area contributed by atoms with Gasteiger partial charge < -0.3 is 39.1 Å². The van der Waals surface area contributed by atoms with E-state index in [-0.39, 0.29) is 34.9 Å². The second kappa shape index (κ2) is 33.7. The number of alkyl carbamates (subject to hydrolysis) is 2. The highest BCUT2D eigenvalue weighted by Crippen LogP contribution is 2.44. The van der Waals surface area contributed by atoms with Gasteiger partial charge in [0.2, 0.25) is 0 Å². The molecule has 0 aliphatic heterocycles. The minimum atomic E-state index is -0.390. The van der Waals surface area contributed by atoms with Gasteiger partial charge in [-0.3, -0.25) is 0 Å². The van der Waals surface area contributed by atoms with E-state index in [9.17, 15) is 9.59 Å². The van der Waals surface area contributed by atoms with Gasteiger partial charge >= 0.3 is 12.2 Å². The standard InChI is InChI=1S/C76H102N2O8/c1-17-21-35-77-71(79)85-41-33-29-25-23-27-31-39-83-69-59-43-55-47-63(73(5,6)7)49-57(67(55)81-37-19-3)45-61-53-66(76(14,15)16)54-62(70(61)84-40-32-28-24-26-30-34-42-86-72(80)78-36-22-18-2)46-58-50-64(74(8,9)10)48-56(68(58)82-38-20-4)44-60(69)52-65(51-59)75(11,12)13/h47-54H,17-22,29-30,33-46H2,1-16H3,(H,77,79)(H,78,80). The Bertz CT molecular complexity index is 2860. The Labute approximate surface area is 519 Å². The summed E-state index contributed by atoms with van der Waals surface area (Å²) >= 11 is 0. The maximum absolute atomic E-state index is 12.0. The molecule has 86 heavy (non-hydrogen) atoms. The molecule has 0 radical (unpaired) electrons. The molecule has 5 rings (SSSR count). The first-order chi connectivity index (χ1) is 40.9. The molecule has 10 nitrogen and oxygen atoms in total. The van der Waals surface area contributed by atoms with Gasteiger partial charge in [-0.1, -0.05) is 184 Å². The van der Waals surface area contributed by atoms with Gasteiger partial charge in [0, 0.05) is 51.6 Å². The van der Waals surface area contributed by atoms with Crippen LogP contribution in [0.5, 0.6) is 23.0 Å². The molecule has 0 spiro atoms. The molecule has 1 aliphatic carbocycles. The van der Waals surface area contributed by atoms with Crippen molar-refractivity contribution in [3.63, 3.8) is 0 Å². The van der Waals surface area contributed by atoms with Gasteiger partial charge in [0.25, 0.3) is 0 Å². The number of hydrogen-bond acceptors (Lipinski definition) is 8. The van der Waals surface area contributed by atoms with Gasteiger partial charge in [0.05, 0.1) is 26.4 Å². The van der Waals surface area contributed by atoms with Gasteiger partial charge in [-0.25, -0.2) is 9.59 Å². The number of rotatable bonds is 22. The number of fused-ring (bicyclic) bond motifs is 8. The Balaban J connectivity index is 1.74. The van der Waals surface area contributed by atoms with Crippen LogP contribution in [0, 0.1) is 47.4 Å². The van der Waals surface area contributed by atoms with Crippen LogP contribution >= 0.6 is 0 Å². The molecule has 464 valence electrons. The molecule has 0 fully saturated rings. The summed E-state index contributed by atoms with van der Waals surface area (Å²) in [5.74, 6) is 28.2. The van der Waals surface area contributed by atoms with Crippen molar-refractivity contribution >= 4 is 12.2 Å². The summed E-state index contributed by atoms with van der Waals surface area (Å²) in [6.07, 6.45) is 9.25. The molecule has 0 saturated heterocycles. The van der Waals surface area contributed by atoms with Gasteiger partial charge in [-0.2, -0.15) is 0 Å². The van der Waals surface area contributed by atoms with Crippen LogP contribution in [0.1, 0.15) is 242 Å². The Kier molecular flexibility index (Phi) is 27.3. The first kappa shape index (κ1) is 69.6. The summed E-state index contributed by atoms with van der Waals surface area (Å²) in [7, 11) is 0. The number of hydrogen-bond donors (Lipinski definition) is 2. The topological polar surface area (TPSA) is 114 Å².